The van der Waals surface area contributed by atoms with Crippen molar-refractivity contribution in [3.63, 3.8) is 0 Å². The van der Waals surface area contributed by atoms with E-state index in [4.69, 9.17) is 8.83 Å². The van der Waals surface area contributed by atoms with Crippen molar-refractivity contribution in [1.29, 1.82) is 0 Å². The van der Waals surface area contributed by atoms with Crippen molar-refractivity contribution in [3.05, 3.63) is 152 Å². The minimum atomic E-state index is -0.0143. The molecule has 0 unspecified atom stereocenters. The molecule has 0 aliphatic carbocycles. The molecule has 0 radical (unpaired) electrons. The zero-order valence-electron chi connectivity index (χ0n) is 29.4. The number of rotatable bonds is 0. The van der Waals surface area contributed by atoms with Gasteiger partial charge in [-0.1, -0.05) is 133 Å². The van der Waals surface area contributed by atoms with Crippen LogP contribution in [0.4, 0.5) is 17.3 Å². The first kappa shape index (κ1) is 27.6. The van der Waals surface area contributed by atoms with Crippen LogP contribution >= 0.6 is 0 Å². The third-order valence-corrected chi connectivity index (χ3v) is 13.6. The molecule has 0 spiro atoms. The number of fused-ring (bicyclic) bond motifs is 24. The molecule has 0 saturated heterocycles. The van der Waals surface area contributed by atoms with E-state index in [0.717, 1.165) is 11.5 Å². The highest BCUT2D eigenvalue weighted by Gasteiger charge is 2.53. The average Bonchev–Trinajstić information content (AvgIpc) is 4.03. The van der Waals surface area contributed by atoms with Crippen LogP contribution in [0.2, 0.25) is 0 Å². The maximum atomic E-state index is 6.95. The van der Waals surface area contributed by atoms with Gasteiger partial charge in [0.15, 0.2) is 5.88 Å². The first-order valence-electron chi connectivity index (χ1n) is 19.2. The maximum Gasteiger partial charge on any atom is 0.293 e. The molecule has 0 bridgehead atoms. The van der Waals surface area contributed by atoms with E-state index in [1.54, 1.807) is 0 Å². The lowest BCUT2D eigenvalue weighted by Crippen LogP contribution is -2.62. The molecular weight excluding hydrogens is 668 g/mol. The van der Waals surface area contributed by atoms with Crippen LogP contribution in [0, 0.1) is 0 Å². The predicted octanol–water partition coefficient (Wildman–Crippen LogP) is 8.88. The van der Waals surface area contributed by atoms with Crippen LogP contribution in [0.25, 0.3) is 86.9 Å². The second-order valence-corrected chi connectivity index (χ2v) is 15.8. The van der Waals surface area contributed by atoms with Gasteiger partial charge < -0.3 is 8.83 Å². The number of hydrogen-bond donors (Lipinski definition) is 0. The number of furan rings is 2. The molecule has 5 heteroatoms. The fraction of sp³-hybridized carbons (Fsp3) is 0. The van der Waals surface area contributed by atoms with Gasteiger partial charge in [0, 0.05) is 28.0 Å². The second-order valence-electron chi connectivity index (χ2n) is 15.8. The van der Waals surface area contributed by atoms with Crippen LogP contribution in [-0.2, 0) is 0 Å². The molecule has 3 nitrogen and oxygen atoms in total. The van der Waals surface area contributed by atoms with Crippen LogP contribution in [0.3, 0.4) is 0 Å². The Morgan fingerprint density at radius 2 is 0.982 bits per heavy atom. The topological polar surface area (TPSA) is 29.5 Å². The van der Waals surface area contributed by atoms with Gasteiger partial charge in [0.25, 0.3) is 13.4 Å². The highest BCUT2D eigenvalue weighted by Crippen LogP contribution is 2.50. The van der Waals surface area contributed by atoms with Gasteiger partial charge >= 0.3 is 0 Å². The van der Waals surface area contributed by atoms with Crippen LogP contribution in [0.15, 0.2) is 161 Å². The third-order valence-electron chi connectivity index (χ3n) is 13.6. The lowest BCUT2D eigenvalue weighted by molar-refractivity contribution is 0.576. The standard InChI is InChI=1S/C50H25B2NO2/c1-3-14-30-26(10-1)28-12-5-7-16-32(28)42-34(30)20-21-38-44(42)37-25-55-50-46(37)51(38)39-18-9-19-40-48(39)53(50)41-24-36-31-15-4-2-11-27(31)29-13-6-8-17-33(29)43(36)45-35-22-23-54-49(35)52(40)47(41)45/h1-25H. The van der Waals surface area contributed by atoms with Gasteiger partial charge in [-0.05, 0) is 104 Å². The summed E-state index contributed by atoms with van der Waals surface area (Å²) in [6.07, 6.45) is 3.94. The van der Waals surface area contributed by atoms with Gasteiger partial charge in [-0.2, -0.15) is 0 Å². The Morgan fingerprint density at radius 1 is 0.418 bits per heavy atom. The van der Waals surface area contributed by atoms with Crippen LogP contribution < -0.4 is 37.9 Å². The Morgan fingerprint density at radius 3 is 1.65 bits per heavy atom. The Hall–Kier alpha value is -6.97. The molecule has 0 N–H and O–H groups in total. The summed E-state index contributed by atoms with van der Waals surface area (Å²) in [6, 6.07) is 52.0. The minimum absolute atomic E-state index is 0.0143. The molecule has 9 aromatic carbocycles. The molecule has 11 aromatic rings. The first-order chi connectivity index (χ1) is 27.3. The SMILES string of the molecule is c1cc2c3c(c1)B1c4occc4-c4c1c(cc1c5ccccc5c5ccccc5c41)N3c1occ3c1B2c1ccc2c4ccccc4c4ccccc4c2c1-3. The number of anilines is 3. The summed E-state index contributed by atoms with van der Waals surface area (Å²) in [4.78, 5) is 2.48. The Kier molecular flexibility index (Phi) is 4.62. The molecule has 248 valence electrons. The van der Waals surface area contributed by atoms with Gasteiger partial charge in [0.2, 0.25) is 0 Å². The van der Waals surface area contributed by atoms with E-state index in [1.807, 2.05) is 6.26 Å². The highest BCUT2D eigenvalue weighted by atomic mass is 16.3. The fourth-order valence-corrected chi connectivity index (χ4v) is 11.7. The van der Waals surface area contributed by atoms with Gasteiger partial charge in [0.1, 0.15) is 6.26 Å². The van der Waals surface area contributed by atoms with Crippen molar-refractivity contribution in [2.45, 2.75) is 0 Å². The van der Waals surface area contributed by atoms with E-state index in [2.05, 4.69) is 151 Å². The molecule has 55 heavy (non-hydrogen) atoms. The third kappa shape index (κ3) is 2.98. The largest absolute Gasteiger partial charge is 0.478 e. The van der Waals surface area contributed by atoms with E-state index in [-0.39, 0.29) is 13.4 Å². The summed E-state index contributed by atoms with van der Waals surface area (Å²) in [7, 11) is 0. The Labute approximate surface area is 315 Å². The molecular formula is C50H25B2NO2. The monoisotopic (exact) mass is 693 g/mol. The molecule has 2 aromatic heterocycles. The quantitative estimate of drug-likeness (QED) is 0.117. The maximum absolute atomic E-state index is 6.95. The molecule has 0 saturated carbocycles. The Bertz CT molecular complexity index is 3610. The summed E-state index contributed by atoms with van der Waals surface area (Å²) in [6.45, 7) is 0.0444. The van der Waals surface area contributed by atoms with Gasteiger partial charge in [0.05, 0.1) is 11.9 Å². The number of nitrogens with zero attached hydrogens (tertiary/aromatic N) is 1. The first-order valence-corrected chi connectivity index (χ1v) is 19.2. The van der Waals surface area contributed by atoms with Crippen molar-refractivity contribution in [2.75, 3.05) is 4.90 Å². The molecule has 4 aliphatic rings. The molecule has 4 aliphatic heterocycles. The normalized spacial score (nSPS) is 14.1. The fourth-order valence-electron chi connectivity index (χ4n) is 11.7. The number of para-hydroxylation sites is 1. The van der Waals surface area contributed by atoms with Crippen LogP contribution in [-0.4, -0.2) is 13.4 Å². The van der Waals surface area contributed by atoms with Gasteiger partial charge in [-0.3, -0.25) is 4.90 Å². The molecule has 0 atom stereocenters. The zero-order chi connectivity index (χ0) is 35.3. The smallest absolute Gasteiger partial charge is 0.293 e. The summed E-state index contributed by atoms with van der Waals surface area (Å²) >= 11 is 0. The summed E-state index contributed by atoms with van der Waals surface area (Å²) in [5.41, 5.74) is 15.0. The zero-order valence-corrected chi connectivity index (χ0v) is 29.4. The summed E-state index contributed by atoms with van der Waals surface area (Å²) < 4.78 is 13.5. The molecule has 0 amide bonds. The van der Waals surface area contributed by atoms with Crippen molar-refractivity contribution in [1.82, 2.24) is 0 Å². The van der Waals surface area contributed by atoms with Crippen molar-refractivity contribution in [3.8, 4) is 22.3 Å². The predicted molar refractivity (Wildman–Crippen MR) is 231 cm³/mol. The molecule has 6 heterocycles. The Balaban J connectivity index is 1.11. The van der Waals surface area contributed by atoms with Crippen LogP contribution in [0.5, 0.6) is 0 Å². The van der Waals surface area contributed by atoms with E-state index in [1.165, 1.54) is 126 Å². The van der Waals surface area contributed by atoms with Crippen molar-refractivity contribution in [2.24, 2.45) is 0 Å². The second kappa shape index (κ2) is 9.21. The average molecular weight is 693 g/mol. The highest BCUT2D eigenvalue weighted by molar-refractivity contribution is 7.05. The minimum Gasteiger partial charge on any atom is -0.478 e. The number of benzene rings is 9. The van der Waals surface area contributed by atoms with Crippen molar-refractivity contribution >= 4 is 128 Å². The lowest BCUT2D eigenvalue weighted by atomic mass is 9.33. The van der Waals surface area contributed by atoms with E-state index in [0.29, 0.717) is 0 Å². The lowest BCUT2D eigenvalue weighted by Gasteiger charge is -2.40. The number of hydrogen-bond acceptors (Lipinski definition) is 3. The van der Waals surface area contributed by atoms with Gasteiger partial charge in [-0.25, -0.2) is 0 Å². The van der Waals surface area contributed by atoms with Crippen LogP contribution in [0.1, 0.15) is 0 Å². The summed E-state index contributed by atoms with van der Waals surface area (Å²) in [5.74, 6) is 0.933. The molecule has 0 fully saturated rings. The van der Waals surface area contributed by atoms with E-state index in [9.17, 15) is 0 Å². The van der Waals surface area contributed by atoms with E-state index < -0.39 is 0 Å². The summed E-state index contributed by atoms with van der Waals surface area (Å²) in [5, 5.41) is 15.4. The van der Waals surface area contributed by atoms with E-state index >= 15 is 0 Å². The molecule has 15 rings (SSSR count). The van der Waals surface area contributed by atoms with Crippen molar-refractivity contribution < 1.29 is 8.83 Å². The van der Waals surface area contributed by atoms with Gasteiger partial charge in [-0.15, -0.1) is 0 Å².